The fourth-order valence-corrected chi connectivity index (χ4v) is 5.64. The van der Waals surface area contributed by atoms with Crippen LogP contribution in [0.5, 0.6) is 0 Å². The van der Waals surface area contributed by atoms with Gasteiger partial charge >= 0.3 is 0 Å². The zero-order valence-corrected chi connectivity index (χ0v) is 19.7. The highest BCUT2D eigenvalue weighted by Gasteiger charge is 2.21. The standard InChI is InChI=1S/C27H26N2.CH4S/c1-17-8-6-11-22-23-16-18(14-15-25(23)28(2)26(17)22)19-10-7-12-21-20-9-4-5-13-24(20)29(3)27(19)21;1-2/h6-7,9-17H,4-5,8H2,1-3H3;2H,1H3. The number of fused-ring (bicyclic) bond motifs is 6. The van der Waals surface area contributed by atoms with Gasteiger partial charge in [-0.25, -0.2) is 0 Å². The van der Waals surface area contributed by atoms with Gasteiger partial charge in [0.05, 0.1) is 5.52 Å². The van der Waals surface area contributed by atoms with E-state index >= 15 is 0 Å². The topological polar surface area (TPSA) is 9.86 Å². The molecule has 158 valence electrons. The molecule has 2 aliphatic rings. The highest BCUT2D eigenvalue weighted by Crippen LogP contribution is 2.38. The van der Waals surface area contributed by atoms with Gasteiger partial charge in [-0.3, -0.25) is 0 Å². The zero-order chi connectivity index (χ0) is 21.7. The van der Waals surface area contributed by atoms with Crippen molar-refractivity contribution in [1.82, 2.24) is 9.13 Å². The Bertz CT molecular complexity index is 1460. The van der Waals surface area contributed by atoms with Crippen molar-refractivity contribution in [3.63, 3.8) is 0 Å². The summed E-state index contributed by atoms with van der Waals surface area (Å²) in [7, 11) is 4.43. The molecule has 6 rings (SSSR count). The number of hydrogen-bond donors (Lipinski definition) is 1. The lowest BCUT2D eigenvalue weighted by molar-refractivity contribution is 0.697. The van der Waals surface area contributed by atoms with Crippen molar-refractivity contribution in [2.75, 3.05) is 6.26 Å². The van der Waals surface area contributed by atoms with Crippen molar-refractivity contribution in [3.05, 3.63) is 64.3 Å². The summed E-state index contributed by atoms with van der Waals surface area (Å²) in [6.07, 6.45) is 14.6. The number of aryl methyl sites for hydroxylation is 2. The summed E-state index contributed by atoms with van der Waals surface area (Å²) >= 11 is 3.53. The van der Waals surface area contributed by atoms with E-state index in [9.17, 15) is 0 Å². The smallest absolute Gasteiger partial charge is 0.0568 e. The van der Waals surface area contributed by atoms with E-state index in [1.165, 1.54) is 54.8 Å². The largest absolute Gasteiger partial charge is 0.347 e. The summed E-state index contributed by atoms with van der Waals surface area (Å²) in [5.74, 6) is 0.574. The van der Waals surface area contributed by atoms with Crippen LogP contribution in [0.1, 0.15) is 43.4 Å². The van der Waals surface area contributed by atoms with Crippen LogP contribution in [0.2, 0.25) is 0 Å². The van der Waals surface area contributed by atoms with Gasteiger partial charge in [0, 0.05) is 63.7 Å². The Kier molecular flexibility index (Phi) is 5.10. The molecule has 0 saturated heterocycles. The van der Waals surface area contributed by atoms with E-state index < -0.39 is 0 Å². The second-order valence-corrected chi connectivity index (χ2v) is 8.67. The van der Waals surface area contributed by atoms with Gasteiger partial charge in [-0.2, -0.15) is 12.6 Å². The number of hydrogen-bond acceptors (Lipinski definition) is 1. The third-order valence-electron chi connectivity index (χ3n) is 6.99. The Balaban J connectivity index is 0.000000994. The van der Waals surface area contributed by atoms with E-state index in [0.717, 1.165) is 19.3 Å². The summed E-state index contributed by atoms with van der Waals surface area (Å²) in [4.78, 5) is 0. The monoisotopic (exact) mass is 426 g/mol. The first-order valence-corrected chi connectivity index (χ1v) is 12.1. The molecule has 0 spiro atoms. The van der Waals surface area contributed by atoms with Crippen LogP contribution in [0.4, 0.5) is 0 Å². The lowest BCUT2D eigenvalue weighted by Crippen LogP contribution is -2.29. The molecule has 0 saturated carbocycles. The lowest BCUT2D eigenvalue weighted by atomic mass is 9.92. The predicted octanol–water partition coefficient (Wildman–Crippen LogP) is 5.76. The minimum Gasteiger partial charge on any atom is -0.347 e. The molecule has 4 aromatic rings. The highest BCUT2D eigenvalue weighted by atomic mass is 32.1. The van der Waals surface area contributed by atoms with Gasteiger partial charge in [0.15, 0.2) is 0 Å². The normalized spacial score (nSPS) is 16.9. The molecule has 1 atom stereocenters. The van der Waals surface area contributed by atoms with Crippen molar-refractivity contribution in [3.8, 4) is 11.1 Å². The van der Waals surface area contributed by atoms with E-state index in [-0.39, 0.29) is 0 Å². The summed E-state index contributed by atoms with van der Waals surface area (Å²) in [6, 6.07) is 13.8. The molecule has 0 amide bonds. The Morgan fingerprint density at radius 3 is 2.58 bits per heavy atom. The highest BCUT2D eigenvalue weighted by molar-refractivity contribution is 7.79. The summed E-state index contributed by atoms with van der Waals surface area (Å²) in [6.45, 7) is 2.34. The average Bonchev–Trinajstić information content (AvgIpc) is 3.28. The third-order valence-corrected chi connectivity index (χ3v) is 6.99. The van der Waals surface area contributed by atoms with Gasteiger partial charge < -0.3 is 9.13 Å². The maximum Gasteiger partial charge on any atom is 0.0568 e. The summed E-state index contributed by atoms with van der Waals surface area (Å²) in [5, 5.41) is 5.52. The number of rotatable bonds is 1. The number of aromatic nitrogens is 2. The van der Waals surface area contributed by atoms with E-state index in [1.807, 2.05) is 0 Å². The lowest BCUT2D eigenvalue weighted by Gasteiger charge is -2.16. The molecule has 31 heavy (non-hydrogen) atoms. The van der Waals surface area contributed by atoms with Gasteiger partial charge in [-0.05, 0) is 43.2 Å². The van der Waals surface area contributed by atoms with E-state index in [1.54, 1.807) is 6.26 Å². The maximum atomic E-state index is 3.53. The molecule has 0 bridgehead atoms. The molecule has 0 radical (unpaired) electrons. The molecule has 0 aliphatic heterocycles. The fourth-order valence-electron chi connectivity index (χ4n) is 5.64. The van der Waals surface area contributed by atoms with Gasteiger partial charge in [-0.1, -0.05) is 55.5 Å². The van der Waals surface area contributed by atoms with Gasteiger partial charge in [0.25, 0.3) is 0 Å². The molecular weight excluding hydrogens is 396 g/mol. The van der Waals surface area contributed by atoms with Gasteiger partial charge in [0.2, 0.25) is 0 Å². The third kappa shape index (κ3) is 2.94. The Morgan fingerprint density at radius 2 is 1.74 bits per heavy atom. The molecular formula is C28H30N2S. The first kappa shape index (κ1) is 20.3. The van der Waals surface area contributed by atoms with Crippen LogP contribution in [0.25, 0.3) is 51.2 Å². The van der Waals surface area contributed by atoms with Gasteiger partial charge in [0.1, 0.15) is 0 Å². The molecule has 0 N–H and O–H groups in total. The second-order valence-electron chi connectivity index (χ2n) is 8.67. The number of para-hydroxylation sites is 1. The van der Waals surface area contributed by atoms with Crippen molar-refractivity contribution >= 4 is 52.7 Å². The Hall–Kier alpha value is -2.65. The predicted molar refractivity (Wildman–Crippen MR) is 139 cm³/mol. The van der Waals surface area contributed by atoms with E-state index in [4.69, 9.17) is 0 Å². The van der Waals surface area contributed by atoms with Crippen molar-refractivity contribution in [2.45, 2.75) is 32.1 Å². The van der Waals surface area contributed by atoms with Gasteiger partial charge in [-0.15, -0.1) is 0 Å². The number of thiol groups is 1. The molecule has 0 fully saturated rings. The maximum absolute atomic E-state index is 3.53. The van der Waals surface area contributed by atoms with Crippen LogP contribution in [0, 0.1) is 0 Å². The van der Waals surface area contributed by atoms with Crippen LogP contribution in [-0.4, -0.2) is 15.4 Å². The minimum atomic E-state index is 0.574. The average molecular weight is 427 g/mol. The number of allylic oxidation sites excluding steroid dienone is 1. The minimum absolute atomic E-state index is 0.574. The molecule has 2 nitrogen and oxygen atoms in total. The molecule has 1 unspecified atom stereocenters. The Labute approximate surface area is 189 Å². The Morgan fingerprint density at radius 1 is 0.935 bits per heavy atom. The first-order valence-electron chi connectivity index (χ1n) is 11.2. The van der Waals surface area contributed by atoms with Crippen LogP contribution in [0.15, 0.2) is 42.5 Å². The SMILES string of the molecule is CC1CC=Cc2c1n(C)c1ccc(-c3cccc4c5c(n(C)c34)=CCCC=5)cc21.CS. The van der Waals surface area contributed by atoms with Crippen molar-refractivity contribution in [1.29, 1.82) is 0 Å². The van der Waals surface area contributed by atoms with Crippen molar-refractivity contribution in [2.24, 2.45) is 14.1 Å². The van der Waals surface area contributed by atoms with Crippen LogP contribution >= 0.6 is 12.6 Å². The number of nitrogens with zero attached hydrogens (tertiary/aromatic N) is 2. The molecule has 2 aromatic heterocycles. The van der Waals surface area contributed by atoms with Crippen LogP contribution in [0.3, 0.4) is 0 Å². The quantitative estimate of drug-likeness (QED) is 0.371. The molecule has 3 heteroatoms. The number of benzene rings is 2. The second kappa shape index (κ2) is 7.80. The van der Waals surface area contributed by atoms with Crippen molar-refractivity contribution < 1.29 is 0 Å². The zero-order valence-electron chi connectivity index (χ0n) is 18.8. The summed E-state index contributed by atoms with van der Waals surface area (Å²) in [5.41, 5.74) is 8.19. The van der Waals surface area contributed by atoms with E-state index in [2.05, 4.69) is 103 Å². The molecule has 2 heterocycles. The van der Waals surface area contributed by atoms with E-state index in [0.29, 0.717) is 5.92 Å². The molecule has 2 aromatic carbocycles. The molecule has 2 aliphatic carbocycles. The fraction of sp³-hybridized carbons (Fsp3) is 0.286. The first-order chi connectivity index (χ1) is 15.1. The summed E-state index contributed by atoms with van der Waals surface area (Å²) < 4.78 is 4.79. The van der Waals surface area contributed by atoms with Crippen LogP contribution in [-0.2, 0) is 14.1 Å². The van der Waals surface area contributed by atoms with Crippen LogP contribution < -0.4 is 10.6 Å².